The minimum atomic E-state index is -0.133. The molecule has 1 heterocycles. The minimum absolute atomic E-state index is 0.0327. The molecule has 0 aromatic heterocycles. The highest BCUT2D eigenvalue weighted by Gasteiger charge is 2.22. The summed E-state index contributed by atoms with van der Waals surface area (Å²) in [6.07, 6.45) is 0.367. The van der Waals surface area contributed by atoms with Crippen molar-refractivity contribution >= 4 is 33.7 Å². The molecule has 1 fully saturated rings. The van der Waals surface area contributed by atoms with Crippen LogP contribution in [0, 0.1) is 0 Å². The molecule has 0 saturated carbocycles. The first kappa shape index (κ1) is 19.4. The zero-order valence-corrected chi connectivity index (χ0v) is 16.2. The van der Waals surface area contributed by atoms with E-state index in [2.05, 4.69) is 21.2 Å². The monoisotopic (exact) mass is 409 g/mol. The van der Waals surface area contributed by atoms with Crippen molar-refractivity contribution in [3.05, 3.63) is 34.3 Å². The van der Waals surface area contributed by atoms with Crippen molar-refractivity contribution < 1.29 is 14.4 Å². The number of amides is 3. The molecule has 1 N–H and O–H groups in total. The third kappa shape index (κ3) is 5.85. The van der Waals surface area contributed by atoms with Gasteiger partial charge in [0.1, 0.15) is 0 Å². The van der Waals surface area contributed by atoms with Crippen LogP contribution in [0.2, 0.25) is 0 Å². The number of nitrogens with one attached hydrogen (secondary N) is 1. The molecule has 1 aliphatic heterocycles. The average molecular weight is 410 g/mol. The van der Waals surface area contributed by atoms with Crippen molar-refractivity contribution in [1.82, 2.24) is 15.1 Å². The molecule has 1 aliphatic rings. The van der Waals surface area contributed by atoms with E-state index in [0.717, 1.165) is 10.0 Å². The van der Waals surface area contributed by atoms with Gasteiger partial charge in [-0.05, 0) is 24.6 Å². The average Bonchev–Trinajstić information content (AvgIpc) is 2.60. The highest BCUT2D eigenvalue weighted by atomic mass is 79.9. The van der Waals surface area contributed by atoms with Crippen molar-refractivity contribution in [2.75, 3.05) is 26.2 Å². The van der Waals surface area contributed by atoms with E-state index < -0.39 is 0 Å². The van der Waals surface area contributed by atoms with Gasteiger partial charge in [0.05, 0.1) is 6.04 Å². The van der Waals surface area contributed by atoms with E-state index >= 15 is 0 Å². The van der Waals surface area contributed by atoms with Gasteiger partial charge in [0.25, 0.3) is 0 Å². The van der Waals surface area contributed by atoms with Gasteiger partial charge in [0.2, 0.25) is 17.7 Å². The molecule has 1 saturated heterocycles. The molecule has 25 heavy (non-hydrogen) atoms. The quantitative estimate of drug-likeness (QED) is 0.809. The summed E-state index contributed by atoms with van der Waals surface area (Å²) in [5.74, 6) is -0.130. The van der Waals surface area contributed by atoms with Gasteiger partial charge in [-0.25, -0.2) is 0 Å². The van der Waals surface area contributed by atoms with Gasteiger partial charge in [-0.1, -0.05) is 28.1 Å². The van der Waals surface area contributed by atoms with Gasteiger partial charge in [-0.3, -0.25) is 14.4 Å². The summed E-state index contributed by atoms with van der Waals surface area (Å²) in [4.78, 5) is 39.0. The van der Waals surface area contributed by atoms with E-state index in [0.29, 0.717) is 26.2 Å². The molecule has 0 unspecified atom stereocenters. The molecule has 0 spiro atoms. The van der Waals surface area contributed by atoms with Crippen molar-refractivity contribution in [2.45, 2.75) is 32.7 Å². The second kappa shape index (κ2) is 8.99. The second-order valence-corrected chi connectivity index (χ2v) is 7.14. The molecule has 0 radical (unpaired) electrons. The van der Waals surface area contributed by atoms with Crippen molar-refractivity contribution in [3.63, 3.8) is 0 Å². The van der Waals surface area contributed by atoms with Crippen LogP contribution in [0.15, 0.2) is 28.7 Å². The number of benzene rings is 1. The van der Waals surface area contributed by atoms with Crippen LogP contribution in [0.25, 0.3) is 0 Å². The molecule has 1 atom stereocenters. The van der Waals surface area contributed by atoms with E-state index in [9.17, 15) is 14.4 Å². The minimum Gasteiger partial charge on any atom is -0.350 e. The highest BCUT2D eigenvalue weighted by Crippen LogP contribution is 2.16. The number of hydrogen-bond donors (Lipinski definition) is 1. The molecule has 3 amide bonds. The summed E-state index contributed by atoms with van der Waals surface area (Å²) in [6, 6.07) is 7.67. The molecule has 1 aromatic rings. The van der Waals surface area contributed by atoms with Gasteiger partial charge in [0, 0.05) is 50.4 Å². The van der Waals surface area contributed by atoms with Gasteiger partial charge in [-0.15, -0.1) is 0 Å². The Morgan fingerprint density at radius 2 is 1.60 bits per heavy atom. The van der Waals surface area contributed by atoms with Crippen LogP contribution in [-0.4, -0.2) is 53.7 Å². The Morgan fingerprint density at radius 3 is 2.16 bits per heavy atom. The fraction of sp³-hybridized carbons (Fsp3) is 0.500. The summed E-state index contributed by atoms with van der Waals surface area (Å²) in [6.45, 7) is 5.66. The maximum absolute atomic E-state index is 12.2. The number of halogens is 1. The lowest BCUT2D eigenvalue weighted by Gasteiger charge is -2.34. The smallest absolute Gasteiger partial charge is 0.223 e. The van der Waals surface area contributed by atoms with Crippen molar-refractivity contribution in [2.24, 2.45) is 0 Å². The van der Waals surface area contributed by atoms with Crippen LogP contribution < -0.4 is 5.32 Å². The highest BCUT2D eigenvalue weighted by molar-refractivity contribution is 9.10. The Bertz CT molecular complexity index is 625. The Morgan fingerprint density at radius 1 is 1.04 bits per heavy atom. The number of rotatable bonds is 5. The lowest BCUT2D eigenvalue weighted by molar-refractivity contribution is -0.139. The molecule has 136 valence electrons. The Hall–Kier alpha value is -1.89. The lowest BCUT2D eigenvalue weighted by Crippen LogP contribution is -2.50. The number of carbonyl (C=O) groups excluding carboxylic acids is 3. The normalized spacial score (nSPS) is 15.6. The molecule has 2 rings (SSSR count). The summed E-state index contributed by atoms with van der Waals surface area (Å²) in [5.41, 5.74) is 1.02. The lowest BCUT2D eigenvalue weighted by atomic mass is 10.1. The number of nitrogens with zero attached hydrogens (tertiary/aromatic N) is 2. The fourth-order valence-electron chi connectivity index (χ4n) is 2.80. The topological polar surface area (TPSA) is 69.7 Å². The summed E-state index contributed by atoms with van der Waals surface area (Å²) in [7, 11) is 0. The molecular formula is C18H24BrN3O3. The van der Waals surface area contributed by atoms with E-state index in [4.69, 9.17) is 0 Å². The van der Waals surface area contributed by atoms with Crippen molar-refractivity contribution in [3.8, 4) is 0 Å². The SMILES string of the molecule is CC(=O)N1CCN(C(=O)CCC(=O)N[C@@H](C)c2ccc(Br)cc2)CC1. The predicted octanol–water partition coefficient (Wildman–Crippen LogP) is 2.10. The van der Waals surface area contributed by atoms with Crippen molar-refractivity contribution in [1.29, 1.82) is 0 Å². The third-order valence-electron chi connectivity index (χ3n) is 4.39. The van der Waals surface area contributed by atoms with E-state index in [-0.39, 0.29) is 36.6 Å². The van der Waals surface area contributed by atoms with Crippen LogP contribution in [0.3, 0.4) is 0 Å². The molecule has 6 nitrogen and oxygen atoms in total. The summed E-state index contributed by atoms with van der Waals surface area (Å²) >= 11 is 3.38. The number of carbonyl (C=O) groups is 3. The van der Waals surface area contributed by atoms with E-state index in [1.165, 1.54) is 6.92 Å². The molecule has 0 bridgehead atoms. The summed E-state index contributed by atoms with van der Waals surface area (Å²) in [5, 5.41) is 2.92. The van der Waals surface area contributed by atoms with Gasteiger partial charge in [0.15, 0.2) is 0 Å². The maximum Gasteiger partial charge on any atom is 0.223 e. The van der Waals surface area contributed by atoms with Crippen LogP contribution in [-0.2, 0) is 14.4 Å². The van der Waals surface area contributed by atoms with Gasteiger partial charge < -0.3 is 15.1 Å². The Kier molecular flexibility index (Phi) is 6.99. The first-order valence-electron chi connectivity index (χ1n) is 8.45. The van der Waals surface area contributed by atoms with Gasteiger partial charge in [-0.2, -0.15) is 0 Å². The first-order valence-corrected chi connectivity index (χ1v) is 9.24. The van der Waals surface area contributed by atoms with Crippen LogP contribution >= 0.6 is 15.9 Å². The molecule has 7 heteroatoms. The molecule has 1 aromatic carbocycles. The first-order chi connectivity index (χ1) is 11.9. The third-order valence-corrected chi connectivity index (χ3v) is 4.92. The largest absolute Gasteiger partial charge is 0.350 e. The zero-order chi connectivity index (χ0) is 18.4. The van der Waals surface area contributed by atoms with Crippen LogP contribution in [0.4, 0.5) is 0 Å². The van der Waals surface area contributed by atoms with Gasteiger partial charge >= 0.3 is 0 Å². The number of piperazine rings is 1. The second-order valence-electron chi connectivity index (χ2n) is 6.23. The van der Waals surface area contributed by atoms with E-state index in [1.807, 2.05) is 31.2 Å². The predicted molar refractivity (Wildman–Crippen MR) is 98.8 cm³/mol. The standard InChI is InChI=1S/C18H24BrN3O3/c1-13(15-3-5-16(19)6-4-15)20-17(24)7-8-18(25)22-11-9-21(10-12-22)14(2)23/h3-6,13H,7-12H2,1-2H3,(H,20,24)/t13-/m0/s1. The molecular weight excluding hydrogens is 386 g/mol. The fourth-order valence-corrected chi connectivity index (χ4v) is 3.06. The number of hydrogen-bond acceptors (Lipinski definition) is 3. The maximum atomic E-state index is 12.2. The summed E-state index contributed by atoms with van der Waals surface area (Å²) < 4.78 is 0.991. The van der Waals surface area contributed by atoms with E-state index in [1.54, 1.807) is 9.80 Å². The zero-order valence-electron chi connectivity index (χ0n) is 14.6. The Balaban J connectivity index is 1.73. The van der Waals surface area contributed by atoms with Crippen LogP contribution in [0.1, 0.15) is 38.3 Å². The van der Waals surface area contributed by atoms with Crippen LogP contribution in [0.5, 0.6) is 0 Å². The Labute approximate surface area is 156 Å². The molecule has 0 aliphatic carbocycles.